The van der Waals surface area contributed by atoms with Crippen LogP contribution in [0.5, 0.6) is 0 Å². The highest BCUT2D eigenvalue weighted by Crippen LogP contribution is 2.41. The van der Waals surface area contributed by atoms with E-state index in [1.807, 2.05) is 0 Å². The monoisotopic (exact) mass is 289 g/mol. The summed E-state index contributed by atoms with van der Waals surface area (Å²) in [7, 11) is 0. The second kappa shape index (κ2) is 6.07. The maximum atomic E-state index is 6.61. The van der Waals surface area contributed by atoms with Gasteiger partial charge in [-0.15, -0.1) is 0 Å². The molecule has 2 aliphatic rings. The van der Waals surface area contributed by atoms with E-state index in [0.717, 1.165) is 45.5 Å². The Hall–Kier alpha value is -0.900. The maximum Gasteiger partial charge on any atom is 0.0729 e. The van der Waals surface area contributed by atoms with E-state index in [2.05, 4.69) is 32.0 Å². The Balaban J connectivity index is 1.76. The third kappa shape index (κ3) is 3.31. The van der Waals surface area contributed by atoms with Crippen molar-refractivity contribution in [2.24, 2.45) is 11.7 Å². The molecule has 3 rings (SSSR count). The molecule has 21 heavy (non-hydrogen) atoms. The van der Waals surface area contributed by atoms with Gasteiger partial charge in [0.2, 0.25) is 0 Å². The molecule has 3 heteroatoms. The van der Waals surface area contributed by atoms with Gasteiger partial charge < -0.3 is 15.2 Å². The van der Waals surface area contributed by atoms with Crippen molar-refractivity contribution in [1.82, 2.24) is 0 Å². The maximum absolute atomic E-state index is 6.61. The van der Waals surface area contributed by atoms with E-state index in [4.69, 9.17) is 15.2 Å². The first-order valence-electron chi connectivity index (χ1n) is 8.13. The van der Waals surface area contributed by atoms with E-state index < -0.39 is 0 Å². The number of nitrogens with two attached hydrogens (primary N) is 1. The second-order valence-corrected chi connectivity index (χ2v) is 6.84. The van der Waals surface area contributed by atoms with Gasteiger partial charge in [-0.05, 0) is 51.0 Å². The standard InChI is InChI=1S/C18H27NO2/c1-13-9-14(2)11-16(10-13)17(19)15-3-6-21-18(12-15)4-7-20-8-5-18/h9-11,15,17H,3-8,12,19H2,1-2H3. The number of hydrogen-bond donors (Lipinski definition) is 1. The summed E-state index contributed by atoms with van der Waals surface area (Å²) in [6.45, 7) is 6.78. The summed E-state index contributed by atoms with van der Waals surface area (Å²) >= 11 is 0. The zero-order valence-corrected chi connectivity index (χ0v) is 13.2. The van der Waals surface area contributed by atoms with Gasteiger partial charge in [0, 0.05) is 25.9 Å². The lowest BCUT2D eigenvalue weighted by Gasteiger charge is -2.44. The SMILES string of the molecule is Cc1cc(C)cc(C(N)C2CCOC3(CCOCC3)C2)c1. The van der Waals surface area contributed by atoms with Gasteiger partial charge in [-0.25, -0.2) is 0 Å². The van der Waals surface area contributed by atoms with Gasteiger partial charge in [0.1, 0.15) is 0 Å². The Morgan fingerprint density at radius 1 is 1.10 bits per heavy atom. The number of rotatable bonds is 2. The minimum atomic E-state index is 0.0255. The molecule has 2 aliphatic heterocycles. The second-order valence-electron chi connectivity index (χ2n) is 6.84. The molecule has 1 spiro atoms. The molecule has 0 aromatic heterocycles. The van der Waals surface area contributed by atoms with Crippen molar-refractivity contribution in [3.63, 3.8) is 0 Å². The van der Waals surface area contributed by atoms with E-state index in [9.17, 15) is 0 Å². The van der Waals surface area contributed by atoms with Gasteiger partial charge in [0.25, 0.3) is 0 Å². The molecule has 1 aromatic rings. The fourth-order valence-electron chi connectivity index (χ4n) is 3.94. The van der Waals surface area contributed by atoms with Crippen LogP contribution in [0.2, 0.25) is 0 Å². The molecular weight excluding hydrogens is 262 g/mol. The van der Waals surface area contributed by atoms with Crippen LogP contribution in [0.4, 0.5) is 0 Å². The molecule has 116 valence electrons. The average Bonchev–Trinajstić information content (AvgIpc) is 2.46. The third-order valence-electron chi connectivity index (χ3n) is 5.07. The first kappa shape index (κ1) is 15.0. The Morgan fingerprint density at radius 2 is 1.76 bits per heavy atom. The van der Waals surface area contributed by atoms with Crippen molar-refractivity contribution in [2.45, 2.75) is 51.2 Å². The molecule has 3 nitrogen and oxygen atoms in total. The van der Waals surface area contributed by atoms with Crippen LogP contribution in [0, 0.1) is 19.8 Å². The van der Waals surface area contributed by atoms with Gasteiger partial charge in [0.15, 0.2) is 0 Å². The van der Waals surface area contributed by atoms with Crippen molar-refractivity contribution in [2.75, 3.05) is 19.8 Å². The molecular formula is C18H27NO2. The summed E-state index contributed by atoms with van der Waals surface area (Å²) in [6.07, 6.45) is 4.17. The number of hydrogen-bond acceptors (Lipinski definition) is 3. The van der Waals surface area contributed by atoms with Gasteiger partial charge in [-0.1, -0.05) is 29.3 Å². The van der Waals surface area contributed by atoms with E-state index >= 15 is 0 Å². The van der Waals surface area contributed by atoms with Crippen molar-refractivity contribution < 1.29 is 9.47 Å². The average molecular weight is 289 g/mol. The van der Waals surface area contributed by atoms with Crippen molar-refractivity contribution in [3.05, 3.63) is 34.9 Å². The fourth-order valence-corrected chi connectivity index (χ4v) is 3.94. The summed E-state index contributed by atoms with van der Waals surface area (Å²) in [5, 5.41) is 0. The largest absolute Gasteiger partial charge is 0.381 e. The third-order valence-corrected chi connectivity index (χ3v) is 5.07. The Bertz CT molecular complexity index is 468. The highest BCUT2D eigenvalue weighted by atomic mass is 16.5. The molecule has 2 saturated heterocycles. The lowest BCUT2D eigenvalue weighted by molar-refractivity contribution is -0.149. The normalized spacial score (nSPS) is 26.7. The van der Waals surface area contributed by atoms with Crippen LogP contribution < -0.4 is 5.73 Å². The highest BCUT2D eigenvalue weighted by Gasteiger charge is 2.40. The Kier molecular flexibility index (Phi) is 4.34. The predicted molar refractivity (Wildman–Crippen MR) is 84.3 cm³/mol. The van der Waals surface area contributed by atoms with Crippen LogP contribution in [-0.4, -0.2) is 25.4 Å². The zero-order chi connectivity index (χ0) is 14.9. The van der Waals surface area contributed by atoms with Gasteiger partial charge >= 0.3 is 0 Å². The minimum absolute atomic E-state index is 0.0255. The van der Waals surface area contributed by atoms with Crippen LogP contribution in [0.3, 0.4) is 0 Å². The smallest absolute Gasteiger partial charge is 0.0729 e. The quantitative estimate of drug-likeness (QED) is 0.908. The molecule has 2 fully saturated rings. The van der Waals surface area contributed by atoms with Gasteiger partial charge in [0.05, 0.1) is 5.60 Å². The summed E-state index contributed by atoms with van der Waals surface area (Å²) in [6, 6.07) is 6.81. The van der Waals surface area contributed by atoms with Crippen LogP contribution in [-0.2, 0) is 9.47 Å². The molecule has 0 bridgehead atoms. The predicted octanol–water partition coefficient (Wildman–Crippen LogP) is 3.28. The molecule has 0 radical (unpaired) electrons. The van der Waals surface area contributed by atoms with E-state index in [1.54, 1.807) is 0 Å². The lowest BCUT2D eigenvalue weighted by atomic mass is 9.76. The van der Waals surface area contributed by atoms with Crippen molar-refractivity contribution in [1.29, 1.82) is 0 Å². The van der Waals surface area contributed by atoms with Crippen LogP contribution >= 0.6 is 0 Å². The van der Waals surface area contributed by atoms with Crippen LogP contribution in [0.15, 0.2) is 18.2 Å². The number of aryl methyl sites for hydroxylation is 2. The van der Waals surface area contributed by atoms with E-state index in [0.29, 0.717) is 5.92 Å². The summed E-state index contributed by atoms with van der Waals surface area (Å²) in [4.78, 5) is 0. The first-order valence-corrected chi connectivity index (χ1v) is 8.13. The molecule has 2 atom stereocenters. The molecule has 2 unspecified atom stereocenters. The first-order chi connectivity index (χ1) is 10.1. The number of ether oxygens (including phenoxy) is 2. The topological polar surface area (TPSA) is 44.5 Å². The summed E-state index contributed by atoms with van der Waals surface area (Å²) < 4.78 is 11.6. The summed E-state index contributed by atoms with van der Waals surface area (Å²) in [5.41, 5.74) is 10.5. The molecule has 0 aliphatic carbocycles. The fraction of sp³-hybridized carbons (Fsp3) is 0.667. The molecule has 0 saturated carbocycles. The minimum Gasteiger partial charge on any atom is -0.381 e. The Labute approximate surface area is 127 Å². The van der Waals surface area contributed by atoms with Crippen LogP contribution in [0.1, 0.15) is 48.4 Å². The van der Waals surface area contributed by atoms with Crippen molar-refractivity contribution >= 4 is 0 Å². The molecule has 0 amide bonds. The lowest BCUT2D eigenvalue weighted by Crippen LogP contribution is -2.46. The number of benzene rings is 1. The molecule has 2 heterocycles. The Morgan fingerprint density at radius 3 is 2.43 bits per heavy atom. The van der Waals surface area contributed by atoms with E-state index in [1.165, 1.54) is 16.7 Å². The van der Waals surface area contributed by atoms with Crippen molar-refractivity contribution in [3.8, 4) is 0 Å². The molecule has 1 aromatic carbocycles. The van der Waals surface area contributed by atoms with E-state index in [-0.39, 0.29) is 11.6 Å². The zero-order valence-electron chi connectivity index (χ0n) is 13.2. The van der Waals surface area contributed by atoms with Gasteiger partial charge in [-0.2, -0.15) is 0 Å². The van der Waals surface area contributed by atoms with Gasteiger partial charge in [-0.3, -0.25) is 0 Å². The highest BCUT2D eigenvalue weighted by molar-refractivity contribution is 5.31. The molecule has 2 N–H and O–H groups in total. The van der Waals surface area contributed by atoms with Crippen LogP contribution in [0.25, 0.3) is 0 Å². The summed E-state index contributed by atoms with van der Waals surface area (Å²) in [5.74, 6) is 0.512.